The third-order valence-corrected chi connectivity index (χ3v) is 2.29. The van der Waals surface area contributed by atoms with E-state index >= 15 is 0 Å². The van der Waals surface area contributed by atoms with E-state index in [4.69, 9.17) is 0 Å². The first kappa shape index (κ1) is 12.4. The second-order valence-corrected chi connectivity index (χ2v) is 3.51. The summed E-state index contributed by atoms with van der Waals surface area (Å²) in [4.78, 5) is 2.13. The largest absolute Gasteiger partial charge is 0.377 e. The fourth-order valence-corrected chi connectivity index (χ4v) is 1.61. The van der Waals surface area contributed by atoms with Crippen molar-refractivity contribution < 1.29 is 0 Å². The molecule has 1 nitrogen and oxygen atoms in total. The van der Waals surface area contributed by atoms with Crippen molar-refractivity contribution in [1.29, 1.82) is 0 Å². The van der Waals surface area contributed by atoms with Crippen molar-refractivity contribution in [2.45, 2.75) is 13.8 Å². The number of benzene rings is 1. The molecule has 0 bridgehead atoms. The van der Waals surface area contributed by atoms with Gasteiger partial charge in [0.05, 0.1) is 0 Å². The molecule has 0 saturated heterocycles. The maximum Gasteiger partial charge on any atom is 0.0440 e. The summed E-state index contributed by atoms with van der Waals surface area (Å²) in [5.41, 5.74) is 6.84. The summed E-state index contributed by atoms with van der Waals surface area (Å²) in [5.74, 6) is 0. The Morgan fingerprint density at radius 2 is 1.88 bits per heavy atom. The van der Waals surface area contributed by atoms with Crippen molar-refractivity contribution in [2.24, 2.45) is 0 Å². The summed E-state index contributed by atoms with van der Waals surface area (Å²) >= 11 is 0. The van der Waals surface area contributed by atoms with Crippen LogP contribution in [-0.2, 0) is 0 Å². The van der Waals surface area contributed by atoms with Gasteiger partial charge in [0.15, 0.2) is 0 Å². The molecule has 0 fully saturated rings. The molecule has 84 valence electrons. The van der Waals surface area contributed by atoms with Gasteiger partial charge in [-0.05, 0) is 23.8 Å². The Labute approximate surface area is 98.4 Å². The molecule has 0 unspecified atom stereocenters. The Bertz CT molecular complexity index is 433. The lowest BCUT2D eigenvalue weighted by Crippen LogP contribution is -2.10. The van der Waals surface area contributed by atoms with Gasteiger partial charge in [0, 0.05) is 25.3 Å². The molecule has 0 spiro atoms. The predicted molar refractivity (Wildman–Crippen MR) is 73.7 cm³/mol. The van der Waals surface area contributed by atoms with Crippen LogP contribution in [0.15, 0.2) is 36.1 Å². The molecular weight excluding hydrogens is 194 g/mol. The molecule has 0 atom stereocenters. The lowest BCUT2D eigenvalue weighted by molar-refractivity contribution is 1.13. The first-order chi connectivity index (χ1) is 7.79. The van der Waals surface area contributed by atoms with Gasteiger partial charge in [-0.2, -0.15) is 0 Å². The average Bonchev–Trinajstić information content (AvgIpc) is 2.55. The second kappa shape index (κ2) is 5.99. The normalized spacial score (nSPS) is 11.2. The maximum absolute atomic E-state index is 3.11. The highest BCUT2D eigenvalue weighted by atomic mass is 15.1. The third kappa shape index (κ3) is 2.65. The Balaban J connectivity index is 0.000000606. The molecule has 0 saturated carbocycles. The molecule has 0 radical (unpaired) electrons. The second-order valence-electron chi connectivity index (χ2n) is 3.51. The van der Waals surface area contributed by atoms with E-state index in [2.05, 4.69) is 49.0 Å². The number of nitrogens with zero attached hydrogens (tertiary/aromatic N) is 1. The van der Waals surface area contributed by atoms with Crippen molar-refractivity contribution in [3.05, 3.63) is 47.2 Å². The smallest absolute Gasteiger partial charge is 0.0440 e. The van der Waals surface area contributed by atoms with Crippen LogP contribution >= 0.6 is 0 Å². The standard InChI is InChI=1S/C13H13N.C2H6/c1-14(2)13-10-6-8-11-7-4-3-5-9-12(11)13;1-2/h3,5-10H,1-2H3;1-2H3. The summed E-state index contributed by atoms with van der Waals surface area (Å²) in [7, 11) is 4.12. The SMILES string of the molecule is CC.CN(C)c1cccc2c1C=CC=C=C2. The number of hydrogen-bond donors (Lipinski definition) is 0. The first-order valence-electron chi connectivity index (χ1n) is 5.68. The topological polar surface area (TPSA) is 3.24 Å². The molecular formula is C15H19N. The van der Waals surface area contributed by atoms with Gasteiger partial charge in [-0.25, -0.2) is 0 Å². The van der Waals surface area contributed by atoms with E-state index in [1.165, 1.54) is 16.8 Å². The number of hydrogen-bond acceptors (Lipinski definition) is 1. The predicted octanol–water partition coefficient (Wildman–Crippen LogP) is 3.97. The van der Waals surface area contributed by atoms with Gasteiger partial charge in [0.25, 0.3) is 0 Å². The van der Waals surface area contributed by atoms with Gasteiger partial charge < -0.3 is 4.90 Å². The molecule has 0 amide bonds. The Kier molecular flexibility index (Phi) is 4.63. The van der Waals surface area contributed by atoms with Crippen LogP contribution in [0.25, 0.3) is 12.2 Å². The van der Waals surface area contributed by atoms with Crippen molar-refractivity contribution in [1.82, 2.24) is 0 Å². The molecule has 16 heavy (non-hydrogen) atoms. The lowest BCUT2D eigenvalue weighted by atomic mass is 10.0. The molecule has 1 aromatic carbocycles. The van der Waals surface area contributed by atoms with Crippen LogP contribution < -0.4 is 4.90 Å². The molecule has 1 heteroatoms. The average molecular weight is 213 g/mol. The fraction of sp³-hybridized carbons (Fsp3) is 0.267. The van der Waals surface area contributed by atoms with Crippen molar-refractivity contribution in [3.8, 4) is 0 Å². The van der Waals surface area contributed by atoms with Crippen molar-refractivity contribution >= 4 is 17.8 Å². The van der Waals surface area contributed by atoms with Crippen LogP contribution in [0.2, 0.25) is 0 Å². The Morgan fingerprint density at radius 3 is 2.56 bits per heavy atom. The number of rotatable bonds is 1. The van der Waals surface area contributed by atoms with Crippen LogP contribution in [0.4, 0.5) is 5.69 Å². The molecule has 2 rings (SSSR count). The molecule has 1 aliphatic carbocycles. The van der Waals surface area contributed by atoms with Crippen molar-refractivity contribution in [3.63, 3.8) is 0 Å². The molecule has 0 heterocycles. The van der Waals surface area contributed by atoms with Gasteiger partial charge in [0.1, 0.15) is 0 Å². The number of fused-ring (bicyclic) bond motifs is 1. The number of allylic oxidation sites excluding steroid dienone is 2. The maximum atomic E-state index is 3.11. The zero-order chi connectivity index (χ0) is 12.0. The van der Waals surface area contributed by atoms with Gasteiger partial charge in [0.2, 0.25) is 0 Å². The summed E-state index contributed by atoms with van der Waals surface area (Å²) in [6.45, 7) is 4.00. The van der Waals surface area contributed by atoms with Gasteiger partial charge in [-0.1, -0.05) is 38.1 Å². The zero-order valence-corrected chi connectivity index (χ0v) is 10.5. The van der Waals surface area contributed by atoms with E-state index in [0.29, 0.717) is 0 Å². The first-order valence-corrected chi connectivity index (χ1v) is 5.68. The quantitative estimate of drug-likeness (QED) is 0.638. The van der Waals surface area contributed by atoms with Crippen LogP contribution in [0.5, 0.6) is 0 Å². The summed E-state index contributed by atoms with van der Waals surface area (Å²) in [5, 5.41) is 0. The monoisotopic (exact) mass is 213 g/mol. The number of anilines is 1. The highest BCUT2D eigenvalue weighted by molar-refractivity contribution is 5.77. The van der Waals surface area contributed by atoms with E-state index in [1.54, 1.807) is 0 Å². The van der Waals surface area contributed by atoms with Gasteiger partial charge in [-0.3, -0.25) is 0 Å². The van der Waals surface area contributed by atoms with E-state index < -0.39 is 0 Å². The fourth-order valence-electron chi connectivity index (χ4n) is 1.61. The highest BCUT2D eigenvalue weighted by Crippen LogP contribution is 2.25. The van der Waals surface area contributed by atoms with Crippen LogP contribution in [-0.4, -0.2) is 14.1 Å². The highest BCUT2D eigenvalue weighted by Gasteiger charge is 2.05. The van der Waals surface area contributed by atoms with Crippen molar-refractivity contribution in [2.75, 3.05) is 19.0 Å². The van der Waals surface area contributed by atoms with Gasteiger partial charge >= 0.3 is 0 Å². The molecule has 1 aliphatic rings. The lowest BCUT2D eigenvalue weighted by Gasteiger charge is -2.16. The van der Waals surface area contributed by atoms with E-state index in [0.717, 1.165) is 0 Å². The van der Waals surface area contributed by atoms with Crippen LogP contribution in [0.3, 0.4) is 0 Å². The zero-order valence-electron chi connectivity index (χ0n) is 10.5. The van der Waals surface area contributed by atoms with E-state index in [1.807, 2.05) is 32.1 Å². The minimum atomic E-state index is 1.22. The van der Waals surface area contributed by atoms with Gasteiger partial charge in [-0.15, -0.1) is 5.73 Å². The minimum Gasteiger partial charge on any atom is -0.377 e. The summed E-state index contributed by atoms with van der Waals surface area (Å²) in [6, 6.07) is 6.31. The van der Waals surface area contributed by atoms with E-state index in [9.17, 15) is 0 Å². The molecule has 0 aromatic heterocycles. The van der Waals surface area contributed by atoms with Crippen LogP contribution in [0, 0.1) is 0 Å². The molecule has 1 aromatic rings. The molecule has 0 aliphatic heterocycles. The Hall–Kier alpha value is -1.72. The summed E-state index contributed by atoms with van der Waals surface area (Å²) < 4.78 is 0. The minimum absolute atomic E-state index is 1.22. The molecule has 0 N–H and O–H groups in total. The third-order valence-electron chi connectivity index (χ3n) is 2.29. The van der Waals surface area contributed by atoms with E-state index in [-0.39, 0.29) is 0 Å². The summed E-state index contributed by atoms with van der Waals surface area (Å²) in [6.07, 6.45) is 8.10. The Morgan fingerprint density at radius 1 is 1.12 bits per heavy atom. The van der Waals surface area contributed by atoms with Crippen LogP contribution in [0.1, 0.15) is 25.0 Å².